The zero-order valence-electron chi connectivity index (χ0n) is 18.8. The highest BCUT2D eigenvalue weighted by Crippen LogP contribution is 2.44. The molecule has 3 aromatic rings. The molecule has 0 unspecified atom stereocenters. The fourth-order valence-corrected chi connectivity index (χ4v) is 5.35. The summed E-state index contributed by atoms with van der Waals surface area (Å²) in [7, 11) is 0. The van der Waals surface area contributed by atoms with Gasteiger partial charge in [-0.2, -0.15) is 0 Å². The van der Waals surface area contributed by atoms with E-state index in [-0.39, 0.29) is 12.1 Å². The predicted molar refractivity (Wildman–Crippen MR) is 134 cm³/mol. The molecule has 1 saturated carbocycles. The van der Waals surface area contributed by atoms with Crippen molar-refractivity contribution in [3.63, 3.8) is 0 Å². The van der Waals surface area contributed by atoms with Gasteiger partial charge in [0.15, 0.2) is 5.11 Å². The second-order valence-corrected chi connectivity index (χ2v) is 9.28. The smallest absolute Gasteiger partial charge is 0.170 e. The zero-order chi connectivity index (χ0) is 22.1. The predicted octanol–water partition coefficient (Wildman–Crippen LogP) is 5.31. The number of pyridine rings is 1. The number of hydrogen-bond acceptors (Lipinski definition) is 3. The molecule has 5 rings (SSSR count). The van der Waals surface area contributed by atoms with Gasteiger partial charge in [0.05, 0.1) is 17.8 Å². The van der Waals surface area contributed by atoms with Gasteiger partial charge in [0.2, 0.25) is 0 Å². The van der Waals surface area contributed by atoms with Crippen molar-refractivity contribution in [1.82, 2.24) is 19.8 Å². The molecule has 2 aromatic heterocycles. The molecule has 1 saturated heterocycles. The Morgan fingerprint density at radius 3 is 2.59 bits per heavy atom. The number of aromatic nitrogens is 2. The number of nitrogens with one attached hydrogen (secondary N) is 2. The van der Waals surface area contributed by atoms with E-state index in [4.69, 9.17) is 12.2 Å². The van der Waals surface area contributed by atoms with Crippen molar-refractivity contribution < 1.29 is 0 Å². The SMILES string of the molecule is Cc1cc([C@H]2[C@@H](c3ccccn3)NC(=S)N2CCCNc2ccccc2)c(C)n1C1CC1. The third kappa shape index (κ3) is 4.11. The average Bonchev–Trinajstić information content (AvgIpc) is 3.53. The van der Waals surface area contributed by atoms with Crippen LogP contribution in [-0.2, 0) is 0 Å². The van der Waals surface area contributed by atoms with E-state index in [9.17, 15) is 0 Å². The van der Waals surface area contributed by atoms with Crippen molar-refractivity contribution >= 4 is 23.0 Å². The van der Waals surface area contributed by atoms with E-state index >= 15 is 0 Å². The first-order valence-corrected chi connectivity index (χ1v) is 12.0. The molecule has 1 aromatic carbocycles. The monoisotopic (exact) mass is 445 g/mol. The van der Waals surface area contributed by atoms with E-state index in [1.165, 1.54) is 29.8 Å². The summed E-state index contributed by atoms with van der Waals surface area (Å²) in [6, 6.07) is 19.8. The summed E-state index contributed by atoms with van der Waals surface area (Å²) in [5, 5.41) is 7.94. The number of anilines is 1. The summed E-state index contributed by atoms with van der Waals surface area (Å²) in [5.41, 5.74) is 6.29. The van der Waals surface area contributed by atoms with Crippen LogP contribution in [0.2, 0.25) is 0 Å². The highest BCUT2D eigenvalue weighted by atomic mass is 32.1. The van der Waals surface area contributed by atoms with Gasteiger partial charge in [-0.3, -0.25) is 4.98 Å². The van der Waals surface area contributed by atoms with E-state index in [0.29, 0.717) is 6.04 Å². The summed E-state index contributed by atoms with van der Waals surface area (Å²) in [4.78, 5) is 7.06. The molecule has 1 aliphatic heterocycles. The number of thiocarbonyl (C=S) groups is 1. The standard InChI is InChI=1S/C26H31N5S/c1-18-17-22(19(2)31(18)21-12-13-21)25-24(23-11-6-7-14-28-23)29-26(32)30(25)16-8-15-27-20-9-4-3-5-10-20/h3-7,9-11,14,17,21,24-25,27H,8,12-13,15-16H2,1-2H3,(H,29,32)/t24-,25+/m1/s1. The minimum absolute atomic E-state index is 0.0546. The van der Waals surface area contributed by atoms with Gasteiger partial charge >= 0.3 is 0 Å². The largest absolute Gasteiger partial charge is 0.385 e. The molecule has 2 fully saturated rings. The van der Waals surface area contributed by atoms with Crippen LogP contribution < -0.4 is 10.6 Å². The maximum atomic E-state index is 5.84. The van der Waals surface area contributed by atoms with Crippen LogP contribution in [0.1, 0.15) is 60.0 Å². The summed E-state index contributed by atoms with van der Waals surface area (Å²) >= 11 is 5.84. The highest BCUT2D eigenvalue weighted by Gasteiger charge is 2.41. The van der Waals surface area contributed by atoms with Crippen LogP contribution in [0.25, 0.3) is 0 Å². The molecule has 0 radical (unpaired) electrons. The molecule has 32 heavy (non-hydrogen) atoms. The number of aryl methyl sites for hydroxylation is 1. The molecule has 166 valence electrons. The van der Waals surface area contributed by atoms with Crippen molar-refractivity contribution in [2.45, 2.75) is 51.2 Å². The van der Waals surface area contributed by atoms with Crippen molar-refractivity contribution in [3.05, 3.63) is 83.4 Å². The second-order valence-electron chi connectivity index (χ2n) is 8.89. The van der Waals surface area contributed by atoms with Gasteiger partial charge in [0.25, 0.3) is 0 Å². The maximum Gasteiger partial charge on any atom is 0.170 e. The van der Waals surface area contributed by atoms with Crippen molar-refractivity contribution in [2.24, 2.45) is 0 Å². The maximum absolute atomic E-state index is 5.84. The third-order valence-electron chi connectivity index (χ3n) is 6.63. The molecule has 0 amide bonds. The van der Waals surface area contributed by atoms with Crippen LogP contribution in [0.15, 0.2) is 60.8 Å². The zero-order valence-corrected chi connectivity index (χ0v) is 19.6. The van der Waals surface area contributed by atoms with Crippen LogP contribution in [0.5, 0.6) is 0 Å². The molecule has 6 heteroatoms. The second kappa shape index (κ2) is 8.94. The van der Waals surface area contributed by atoms with Crippen molar-refractivity contribution in [1.29, 1.82) is 0 Å². The van der Waals surface area contributed by atoms with Gasteiger partial charge < -0.3 is 20.1 Å². The number of benzene rings is 1. The Labute approximate surface area is 195 Å². The van der Waals surface area contributed by atoms with Gasteiger partial charge in [0, 0.05) is 42.4 Å². The van der Waals surface area contributed by atoms with Crippen molar-refractivity contribution in [2.75, 3.05) is 18.4 Å². The summed E-state index contributed by atoms with van der Waals surface area (Å²) in [6.07, 6.45) is 5.45. The third-order valence-corrected chi connectivity index (χ3v) is 6.98. The van der Waals surface area contributed by atoms with Gasteiger partial charge in [-0.05, 0) is 81.2 Å². The topological polar surface area (TPSA) is 45.1 Å². The average molecular weight is 446 g/mol. The van der Waals surface area contributed by atoms with E-state index in [2.05, 4.69) is 81.4 Å². The molecular formula is C26H31N5S. The van der Waals surface area contributed by atoms with E-state index in [0.717, 1.165) is 36.0 Å². The first-order chi connectivity index (χ1) is 15.6. The first kappa shape index (κ1) is 21.0. The quantitative estimate of drug-likeness (QED) is 0.363. The minimum atomic E-state index is 0.0546. The summed E-state index contributed by atoms with van der Waals surface area (Å²) in [6.45, 7) is 6.31. The summed E-state index contributed by atoms with van der Waals surface area (Å²) < 4.78 is 2.53. The van der Waals surface area contributed by atoms with Crippen LogP contribution in [0, 0.1) is 13.8 Å². The molecule has 0 bridgehead atoms. The highest BCUT2D eigenvalue weighted by molar-refractivity contribution is 7.80. The Morgan fingerprint density at radius 1 is 1.09 bits per heavy atom. The van der Waals surface area contributed by atoms with Crippen molar-refractivity contribution in [3.8, 4) is 0 Å². The van der Waals surface area contributed by atoms with Crippen LogP contribution >= 0.6 is 12.2 Å². The molecule has 2 N–H and O–H groups in total. The van der Waals surface area contributed by atoms with Gasteiger partial charge in [-0.15, -0.1) is 0 Å². The van der Waals surface area contributed by atoms with Crippen LogP contribution in [0.4, 0.5) is 5.69 Å². The number of nitrogens with zero attached hydrogens (tertiary/aromatic N) is 3. The van der Waals surface area contributed by atoms with Gasteiger partial charge in [-0.1, -0.05) is 24.3 Å². The molecule has 5 nitrogen and oxygen atoms in total. The number of rotatable bonds is 8. The fourth-order valence-electron chi connectivity index (χ4n) is 5.02. The number of hydrogen-bond donors (Lipinski definition) is 2. The Bertz CT molecular complexity index is 1070. The lowest BCUT2D eigenvalue weighted by atomic mass is 9.96. The normalized spacial score (nSPS) is 20.4. The Kier molecular flexibility index (Phi) is 5.87. The molecule has 3 heterocycles. The van der Waals surface area contributed by atoms with Crippen LogP contribution in [-0.4, -0.2) is 32.7 Å². The first-order valence-electron chi connectivity index (χ1n) is 11.6. The Balaban J connectivity index is 1.40. The fraction of sp³-hybridized carbons (Fsp3) is 0.385. The van der Waals surface area contributed by atoms with E-state index in [1.54, 1.807) is 0 Å². The molecule has 1 aliphatic carbocycles. The lowest BCUT2D eigenvalue weighted by molar-refractivity contribution is 0.315. The molecule has 0 spiro atoms. The minimum Gasteiger partial charge on any atom is -0.385 e. The Hall–Kier alpha value is -2.86. The van der Waals surface area contributed by atoms with E-state index < -0.39 is 0 Å². The van der Waals surface area contributed by atoms with Gasteiger partial charge in [-0.25, -0.2) is 0 Å². The lowest BCUT2D eigenvalue weighted by Gasteiger charge is -2.28. The molecule has 2 atom stereocenters. The number of para-hydroxylation sites is 1. The lowest BCUT2D eigenvalue weighted by Crippen LogP contribution is -2.31. The molecular weight excluding hydrogens is 414 g/mol. The van der Waals surface area contributed by atoms with Gasteiger partial charge in [0.1, 0.15) is 0 Å². The van der Waals surface area contributed by atoms with Crippen LogP contribution in [0.3, 0.4) is 0 Å². The van der Waals surface area contributed by atoms with E-state index in [1.807, 2.05) is 18.3 Å². The summed E-state index contributed by atoms with van der Waals surface area (Å²) in [5.74, 6) is 0. The Morgan fingerprint density at radius 2 is 1.88 bits per heavy atom. The molecule has 2 aliphatic rings.